The van der Waals surface area contributed by atoms with E-state index in [0.717, 1.165) is 5.52 Å². The number of nitrogens with two attached hydrogens (primary N) is 1. The third kappa shape index (κ3) is 2.34. The number of fused-ring (bicyclic) bond motifs is 1. The van der Waals surface area contributed by atoms with Gasteiger partial charge in [-0.1, -0.05) is 18.2 Å². The molecule has 0 aliphatic rings. The Balaban J connectivity index is 0.00000162. The van der Waals surface area contributed by atoms with Gasteiger partial charge in [-0.2, -0.15) is 0 Å². The predicted molar refractivity (Wildman–Crippen MR) is 69.2 cm³/mol. The number of hydrogen-bond acceptors (Lipinski definition) is 2. The Hall–Kier alpha value is -1.17. The summed E-state index contributed by atoms with van der Waals surface area (Å²) in [5.74, 6) is -3.32. The molecule has 1 atom stereocenters. The molecule has 0 saturated carbocycles. The standard InChI is InChI=1S/C12H14F2N2O.ClH/c1-7-10(11(15)12(13,14)6-17)8-4-2-3-5-9(8)16-7;/h2-5,11,16-17H,6,15H2,1H3;1H/t11-;/m1./s1. The first kappa shape index (κ1) is 14.9. The molecule has 2 aromatic rings. The van der Waals surface area contributed by atoms with Gasteiger partial charge in [-0.25, -0.2) is 8.78 Å². The second-order valence-corrected chi connectivity index (χ2v) is 4.11. The monoisotopic (exact) mass is 276 g/mol. The Bertz CT molecular complexity index is 542. The van der Waals surface area contributed by atoms with Crippen molar-refractivity contribution in [2.75, 3.05) is 6.61 Å². The Morgan fingerprint density at radius 2 is 2.00 bits per heavy atom. The molecule has 0 amide bonds. The van der Waals surface area contributed by atoms with Crippen LogP contribution in [0.15, 0.2) is 24.3 Å². The second-order valence-electron chi connectivity index (χ2n) is 4.11. The van der Waals surface area contributed by atoms with Crippen LogP contribution >= 0.6 is 12.4 Å². The van der Waals surface area contributed by atoms with E-state index in [1.54, 1.807) is 25.1 Å². The number of benzene rings is 1. The van der Waals surface area contributed by atoms with Crippen LogP contribution in [0.1, 0.15) is 17.3 Å². The van der Waals surface area contributed by atoms with E-state index in [4.69, 9.17) is 10.8 Å². The number of H-pyrrole nitrogens is 1. The number of rotatable bonds is 3. The minimum Gasteiger partial charge on any atom is -0.390 e. The van der Waals surface area contributed by atoms with Crippen LogP contribution in [0.25, 0.3) is 10.9 Å². The zero-order valence-corrected chi connectivity index (χ0v) is 10.6. The molecular formula is C12H15ClF2N2O. The number of aliphatic hydroxyl groups is 1. The van der Waals surface area contributed by atoms with E-state index in [1.165, 1.54) is 0 Å². The largest absolute Gasteiger partial charge is 0.390 e. The first-order chi connectivity index (χ1) is 7.97. The summed E-state index contributed by atoms with van der Waals surface area (Å²) in [5.41, 5.74) is 7.30. The summed E-state index contributed by atoms with van der Waals surface area (Å²) in [7, 11) is 0. The second kappa shape index (κ2) is 5.22. The highest BCUT2D eigenvalue weighted by Gasteiger charge is 2.39. The van der Waals surface area contributed by atoms with Crippen LogP contribution in [0.4, 0.5) is 8.78 Å². The number of aryl methyl sites for hydroxylation is 1. The van der Waals surface area contributed by atoms with E-state index in [0.29, 0.717) is 16.6 Å². The highest BCUT2D eigenvalue weighted by Crippen LogP contribution is 2.35. The highest BCUT2D eigenvalue weighted by molar-refractivity contribution is 5.85. The van der Waals surface area contributed by atoms with Crippen LogP contribution in [0, 0.1) is 6.92 Å². The van der Waals surface area contributed by atoms with Crippen molar-refractivity contribution in [1.29, 1.82) is 0 Å². The number of hydrogen-bond donors (Lipinski definition) is 3. The summed E-state index contributed by atoms with van der Waals surface area (Å²) in [6.45, 7) is 0.440. The number of aromatic amines is 1. The van der Waals surface area contributed by atoms with Gasteiger partial charge in [0.1, 0.15) is 6.61 Å². The summed E-state index contributed by atoms with van der Waals surface area (Å²) in [6.07, 6.45) is 0. The molecule has 0 saturated heterocycles. The average molecular weight is 277 g/mol. The van der Waals surface area contributed by atoms with Crippen molar-refractivity contribution in [2.45, 2.75) is 18.9 Å². The Kier molecular flexibility index (Phi) is 4.32. The van der Waals surface area contributed by atoms with Crippen LogP contribution in [0.2, 0.25) is 0 Å². The number of nitrogens with one attached hydrogen (secondary N) is 1. The molecule has 3 nitrogen and oxygen atoms in total. The third-order valence-corrected chi connectivity index (χ3v) is 2.92. The van der Waals surface area contributed by atoms with E-state index in [2.05, 4.69) is 4.98 Å². The van der Waals surface area contributed by atoms with Gasteiger partial charge in [-0.15, -0.1) is 12.4 Å². The molecule has 0 aliphatic carbocycles. The normalized spacial score (nSPS) is 13.4. The summed E-state index contributed by atoms with van der Waals surface area (Å²) in [4.78, 5) is 3.01. The maximum absolute atomic E-state index is 13.4. The van der Waals surface area contributed by atoms with Crippen LogP contribution in [-0.4, -0.2) is 22.6 Å². The van der Waals surface area contributed by atoms with Gasteiger partial charge >= 0.3 is 0 Å². The lowest BCUT2D eigenvalue weighted by molar-refractivity contribution is -0.0709. The lowest BCUT2D eigenvalue weighted by Gasteiger charge is -2.21. The predicted octanol–water partition coefficient (Wildman–Crippen LogP) is 2.53. The number of para-hydroxylation sites is 1. The van der Waals surface area contributed by atoms with E-state index in [9.17, 15) is 8.78 Å². The Morgan fingerprint density at radius 1 is 1.39 bits per heavy atom. The van der Waals surface area contributed by atoms with Gasteiger partial charge in [0.25, 0.3) is 5.92 Å². The molecule has 0 fully saturated rings. The van der Waals surface area contributed by atoms with Crippen molar-refractivity contribution >= 4 is 23.3 Å². The van der Waals surface area contributed by atoms with Crippen molar-refractivity contribution in [1.82, 2.24) is 4.98 Å². The molecule has 100 valence electrons. The van der Waals surface area contributed by atoms with Crippen LogP contribution in [-0.2, 0) is 0 Å². The first-order valence-electron chi connectivity index (χ1n) is 5.29. The van der Waals surface area contributed by atoms with Crippen LogP contribution < -0.4 is 5.73 Å². The average Bonchev–Trinajstić information content (AvgIpc) is 2.64. The fourth-order valence-electron chi connectivity index (χ4n) is 2.01. The lowest BCUT2D eigenvalue weighted by atomic mass is 9.99. The summed E-state index contributed by atoms with van der Waals surface area (Å²) in [5, 5.41) is 9.36. The van der Waals surface area contributed by atoms with Crippen molar-refractivity contribution < 1.29 is 13.9 Å². The van der Waals surface area contributed by atoms with Gasteiger partial charge in [-0.05, 0) is 13.0 Å². The molecule has 1 aromatic carbocycles. The molecule has 0 radical (unpaired) electrons. The number of halogens is 3. The highest BCUT2D eigenvalue weighted by atomic mass is 35.5. The summed E-state index contributed by atoms with van der Waals surface area (Å²) < 4.78 is 26.9. The molecule has 0 spiro atoms. The molecular weight excluding hydrogens is 262 g/mol. The molecule has 0 unspecified atom stereocenters. The molecule has 6 heteroatoms. The maximum Gasteiger partial charge on any atom is 0.289 e. The zero-order valence-electron chi connectivity index (χ0n) is 9.78. The van der Waals surface area contributed by atoms with Gasteiger partial charge in [0.2, 0.25) is 0 Å². The van der Waals surface area contributed by atoms with Crippen molar-refractivity contribution in [3.63, 3.8) is 0 Å². The summed E-state index contributed by atoms with van der Waals surface area (Å²) in [6, 6.07) is 5.61. The number of aromatic nitrogens is 1. The van der Waals surface area contributed by atoms with Gasteiger partial charge < -0.3 is 15.8 Å². The van der Waals surface area contributed by atoms with E-state index >= 15 is 0 Å². The fraction of sp³-hybridized carbons (Fsp3) is 0.333. The minimum absolute atomic E-state index is 0. The lowest BCUT2D eigenvalue weighted by Crippen LogP contribution is -2.36. The molecule has 1 heterocycles. The van der Waals surface area contributed by atoms with Crippen molar-refractivity contribution in [2.24, 2.45) is 5.73 Å². The van der Waals surface area contributed by atoms with Crippen LogP contribution in [0.3, 0.4) is 0 Å². The smallest absolute Gasteiger partial charge is 0.289 e. The van der Waals surface area contributed by atoms with E-state index in [1.807, 2.05) is 6.07 Å². The molecule has 2 rings (SSSR count). The van der Waals surface area contributed by atoms with Crippen molar-refractivity contribution in [3.05, 3.63) is 35.5 Å². The van der Waals surface area contributed by atoms with Crippen molar-refractivity contribution in [3.8, 4) is 0 Å². The summed E-state index contributed by atoms with van der Waals surface area (Å²) >= 11 is 0. The molecule has 18 heavy (non-hydrogen) atoms. The van der Waals surface area contributed by atoms with E-state index in [-0.39, 0.29) is 12.4 Å². The first-order valence-corrected chi connectivity index (χ1v) is 5.29. The fourth-order valence-corrected chi connectivity index (χ4v) is 2.01. The Labute approximate surface area is 109 Å². The van der Waals surface area contributed by atoms with E-state index < -0.39 is 18.6 Å². The van der Waals surface area contributed by atoms with Gasteiger partial charge in [0, 0.05) is 22.2 Å². The Morgan fingerprint density at radius 3 is 2.61 bits per heavy atom. The maximum atomic E-state index is 13.4. The molecule has 0 aliphatic heterocycles. The molecule has 1 aromatic heterocycles. The quantitative estimate of drug-likeness (QED) is 0.807. The van der Waals surface area contributed by atoms with Gasteiger partial charge in [0.05, 0.1) is 6.04 Å². The topological polar surface area (TPSA) is 62.0 Å². The molecule has 0 bridgehead atoms. The van der Waals surface area contributed by atoms with Gasteiger partial charge in [-0.3, -0.25) is 0 Å². The SMILES string of the molecule is Cc1[nH]c2ccccc2c1[C@@H](N)C(F)(F)CO.Cl. The molecule has 4 N–H and O–H groups in total. The number of aliphatic hydroxyl groups excluding tert-OH is 1. The number of alkyl halides is 2. The van der Waals surface area contributed by atoms with Gasteiger partial charge in [0.15, 0.2) is 0 Å². The zero-order chi connectivity index (χ0) is 12.6. The van der Waals surface area contributed by atoms with Crippen LogP contribution in [0.5, 0.6) is 0 Å². The third-order valence-electron chi connectivity index (χ3n) is 2.92. The minimum atomic E-state index is -3.32.